The summed E-state index contributed by atoms with van der Waals surface area (Å²) in [6.45, 7) is 5.94. The summed E-state index contributed by atoms with van der Waals surface area (Å²) < 4.78 is 2.39. The Labute approximate surface area is 225 Å². The van der Waals surface area contributed by atoms with Gasteiger partial charge < -0.3 is 5.32 Å². The topological polar surface area (TPSA) is 77.4 Å². The van der Waals surface area contributed by atoms with E-state index in [0.29, 0.717) is 0 Å². The van der Waals surface area contributed by atoms with Crippen LogP contribution in [-0.4, -0.2) is 47.5 Å². The number of piperidine rings is 1. The average Bonchev–Trinajstić information content (AvgIpc) is 3.20. The van der Waals surface area contributed by atoms with Gasteiger partial charge in [0.1, 0.15) is 11.4 Å². The van der Waals surface area contributed by atoms with E-state index in [2.05, 4.69) is 59.1 Å². The van der Waals surface area contributed by atoms with E-state index in [1.807, 2.05) is 24.1 Å². The minimum absolute atomic E-state index is 0.0950. The maximum Gasteiger partial charge on any atom is 0.253 e. The monoisotopic (exact) mass is 521 g/mol. The molecule has 4 rings (SSSR count). The molecular weight excluding hydrogens is 482 g/mol. The fraction of sp³-hybridized carbons (Fsp3) is 0.517. The molecule has 7 nitrogen and oxygen atoms in total. The van der Waals surface area contributed by atoms with Gasteiger partial charge in [-0.2, -0.15) is 0 Å². The Bertz CT molecular complexity index is 1090. The smallest absolute Gasteiger partial charge is 0.253 e. The minimum Gasteiger partial charge on any atom is -0.312 e. The molecule has 0 unspecified atom stereocenters. The molecule has 0 aromatic heterocycles. The highest BCUT2D eigenvalue weighted by Gasteiger charge is 2.45. The number of hydrogen-bond donors (Lipinski definition) is 1. The summed E-state index contributed by atoms with van der Waals surface area (Å²) in [5, 5.41) is 7.45. The Hall–Kier alpha value is -2.71. The van der Waals surface area contributed by atoms with Crippen LogP contribution in [-0.2, 0) is 17.6 Å². The molecule has 1 amide bonds. The zero-order chi connectivity index (χ0) is 26.3. The van der Waals surface area contributed by atoms with E-state index in [0.717, 1.165) is 75.3 Å². The molecule has 2 aliphatic heterocycles. The molecule has 2 aliphatic rings. The van der Waals surface area contributed by atoms with Crippen molar-refractivity contribution >= 4 is 29.4 Å². The molecule has 198 valence electrons. The first-order valence-electron chi connectivity index (χ1n) is 13.4. The largest absolute Gasteiger partial charge is 0.312 e. The van der Waals surface area contributed by atoms with E-state index in [4.69, 9.17) is 4.99 Å². The van der Waals surface area contributed by atoms with E-state index < -0.39 is 5.54 Å². The van der Waals surface area contributed by atoms with Crippen molar-refractivity contribution in [2.75, 3.05) is 30.9 Å². The van der Waals surface area contributed by atoms with E-state index in [1.165, 1.54) is 33.7 Å². The highest BCUT2D eigenvalue weighted by atomic mass is 32.2. The normalized spacial score (nSPS) is 17.1. The molecule has 1 N–H and O–H groups in total. The van der Waals surface area contributed by atoms with Crippen molar-refractivity contribution in [1.29, 1.82) is 0 Å². The number of nitrogens with zero attached hydrogens (tertiary/aromatic N) is 4. The van der Waals surface area contributed by atoms with Crippen molar-refractivity contribution in [3.63, 3.8) is 0 Å². The van der Waals surface area contributed by atoms with Gasteiger partial charge in [-0.1, -0.05) is 48.7 Å². The maximum atomic E-state index is 12.8. The lowest BCUT2D eigenvalue weighted by atomic mass is 9.89. The average molecular weight is 522 g/mol. The highest BCUT2D eigenvalue weighted by molar-refractivity contribution is 7.97. The number of amidine groups is 1. The fourth-order valence-corrected chi connectivity index (χ4v) is 6.34. The first-order chi connectivity index (χ1) is 17.9. The number of nitroso groups, excluding NO2 is 1. The second-order valence-corrected chi connectivity index (χ2v) is 11.4. The number of hydrogen-bond acceptors (Lipinski definition) is 6. The van der Waals surface area contributed by atoms with E-state index in [-0.39, 0.29) is 5.91 Å². The standard InChI is InChI=1S/C29H39N5O2S/c1-22-20-25(33(3)32-36)21-23(2)26(22)14-19-37-34-17-15-29(16-18-34)28(35)30-27(31-29)13-9-5-8-12-24-10-6-4-7-11-24/h4,6-7,10-11,20-21H,5,8-9,12-19H2,1-3H3,(H,30,31,35). The van der Waals surface area contributed by atoms with Crippen LogP contribution in [0.25, 0.3) is 0 Å². The number of aryl methyl sites for hydroxylation is 3. The van der Waals surface area contributed by atoms with Gasteiger partial charge in [0.15, 0.2) is 0 Å². The predicted molar refractivity (Wildman–Crippen MR) is 154 cm³/mol. The number of benzene rings is 2. The molecule has 0 aliphatic carbocycles. The third-order valence-corrected chi connectivity index (χ3v) is 8.72. The number of carbonyl (C=O) groups is 1. The molecule has 1 saturated heterocycles. The molecule has 2 aromatic carbocycles. The summed E-state index contributed by atoms with van der Waals surface area (Å²) >= 11 is 1.86. The van der Waals surface area contributed by atoms with Crippen LogP contribution in [0.2, 0.25) is 0 Å². The van der Waals surface area contributed by atoms with Crippen LogP contribution in [0.4, 0.5) is 5.69 Å². The lowest BCUT2D eigenvalue weighted by Crippen LogP contribution is -2.47. The number of carbonyl (C=O) groups excluding carboxylic acids is 1. The second kappa shape index (κ2) is 12.7. The van der Waals surface area contributed by atoms with Crippen LogP contribution in [0.1, 0.15) is 60.8 Å². The Morgan fingerprint density at radius 2 is 1.70 bits per heavy atom. The summed E-state index contributed by atoms with van der Waals surface area (Å²) in [4.78, 5) is 28.6. The molecule has 37 heavy (non-hydrogen) atoms. The number of nitrogens with one attached hydrogen (secondary N) is 1. The Kier molecular flexibility index (Phi) is 9.38. The minimum atomic E-state index is -0.557. The molecule has 2 heterocycles. The SMILES string of the molecule is Cc1cc(N(C)N=O)cc(C)c1CCSN1CCC2(CC1)N=C(CCCCCc1ccccc1)NC2=O. The van der Waals surface area contributed by atoms with Crippen molar-refractivity contribution in [1.82, 2.24) is 9.62 Å². The molecule has 1 spiro atoms. The zero-order valence-electron chi connectivity index (χ0n) is 22.3. The van der Waals surface area contributed by atoms with Crippen molar-refractivity contribution in [3.05, 3.63) is 69.6 Å². The lowest BCUT2D eigenvalue weighted by molar-refractivity contribution is -0.124. The summed E-state index contributed by atoms with van der Waals surface area (Å²) in [5.74, 6) is 1.97. The molecule has 0 saturated carbocycles. The predicted octanol–water partition coefficient (Wildman–Crippen LogP) is 5.78. The quantitative estimate of drug-likeness (QED) is 0.166. The molecular formula is C29H39N5O2S. The summed E-state index contributed by atoms with van der Waals surface area (Å²) in [6, 6.07) is 14.7. The van der Waals surface area contributed by atoms with Gasteiger partial charge in [-0.25, -0.2) is 5.01 Å². The van der Waals surface area contributed by atoms with Crippen molar-refractivity contribution in [2.24, 2.45) is 10.3 Å². The Morgan fingerprint density at radius 1 is 1.03 bits per heavy atom. The van der Waals surface area contributed by atoms with Gasteiger partial charge in [0.25, 0.3) is 5.91 Å². The first kappa shape index (κ1) is 27.3. The molecule has 8 heteroatoms. The highest BCUT2D eigenvalue weighted by Crippen LogP contribution is 2.33. The molecule has 0 atom stereocenters. The van der Waals surface area contributed by atoms with Gasteiger partial charge in [-0.15, -0.1) is 4.91 Å². The van der Waals surface area contributed by atoms with Gasteiger partial charge in [0.2, 0.25) is 0 Å². The number of rotatable bonds is 12. The van der Waals surface area contributed by atoms with Crippen molar-refractivity contribution in [2.45, 2.75) is 70.8 Å². The van der Waals surface area contributed by atoms with Crippen LogP contribution < -0.4 is 10.3 Å². The van der Waals surface area contributed by atoms with Gasteiger partial charge in [0, 0.05) is 32.3 Å². The number of anilines is 1. The van der Waals surface area contributed by atoms with Crippen LogP contribution in [0.3, 0.4) is 0 Å². The van der Waals surface area contributed by atoms with Gasteiger partial charge in [-0.3, -0.25) is 14.1 Å². The van der Waals surface area contributed by atoms with Gasteiger partial charge in [0.05, 0.1) is 11.0 Å². The van der Waals surface area contributed by atoms with E-state index in [9.17, 15) is 9.70 Å². The van der Waals surface area contributed by atoms with E-state index in [1.54, 1.807) is 7.05 Å². The van der Waals surface area contributed by atoms with Crippen LogP contribution in [0.5, 0.6) is 0 Å². The Balaban J connectivity index is 1.19. The molecule has 1 fully saturated rings. The van der Waals surface area contributed by atoms with Gasteiger partial charge >= 0.3 is 0 Å². The van der Waals surface area contributed by atoms with Crippen molar-refractivity contribution in [3.8, 4) is 0 Å². The first-order valence-corrected chi connectivity index (χ1v) is 14.3. The molecule has 0 bridgehead atoms. The zero-order valence-corrected chi connectivity index (χ0v) is 23.1. The number of unbranched alkanes of at least 4 members (excludes halogenated alkanes) is 2. The third-order valence-electron chi connectivity index (χ3n) is 7.60. The number of amides is 1. The van der Waals surface area contributed by atoms with Crippen LogP contribution in [0, 0.1) is 18.8 Å². The molecule has 0 radical (unpaired) electrons. The number of aliphatic imine (C=N–C) groups is 1. The summed E-state index contributed by atoms with van der Waals surface area (Å²) in [5.41, 5.74) is 5.36. The fourth-order valence-electron chi connectivity index (χ4n) is 5.35. The summed E-state index contributed by atoms with van der Waals surface area (Å²) in [7, 11) is 1.67. The Morgan fingerprint density at radius 3 is 2.38 bits per heavy atom. The van der Waals surface area contributed by atoms with Gasteiger partial charge in [-0.05, 0) is 86.8 Å². The van der Waals surface area contributed by atoms with Crippen molar-refractivity contribution < 1.29 is 4.79 Å². The van der Waals surface area contributed by atoms with Crippen LogP contribution in [0.15, 0.2) is 52.7 Å². The second-order valence-electron chi connectivity index (χ2n) is 10.3. The molecule has 2 aromatic rings. The lowest BCUT2D eigenvalue weighted by Gasteiger charge is -2.34. The van der Waals surface area contributed by atoms with Crippen LogP contribution >= 0.6 is 11.9 Å². The third kappa shape index (κ3) is 6.99. The maximum absolute atomic E-state index is 12.8. The summed E-state index contributed by atoms with van der Waals surface area (Å²) in [6.07, 6.45) is 7.86. The van der Waals surface area contributed by atoms with E-state index >= 15 is 0 Å².